The number of hydrogen-bond acceptors (Lipinski definition) is 3. The van der Waals surface area contributed by atoms with Crippen LogP contribution in [0.4, 0.5) is 5.69 Å². The Hall–Kier alpha value is -1.69. The molecule has 0 aliphatic carbocycles. The van der Waals surface area contributed by atoms with Crippen LogP contribution in [0, 0.1) is 13.8 Å². The molecule has 130 valence electrons. The molecule has 0 atom stereocenters. The van der Waals surface area contributed by atoms with Crippen LogP contribution in [0.5, 0.6) is 0 Å². The maximum absolute atomic E-state index is 5.30. The second kappa shape index (κ2) is 8.13. The van der Waals surface area contributed by atoms with Gasteiger partial charge in [0, 0.05) is 23.5 Å². The van der Waals surface area contributed by atoms with Crippen molar-refractivity contribution >= 4 is 33.0 Å². The second-order valence-electron chi connectivity index (χ2n) is 6.01. The van der Waals surface area contributed by atoms with Gasteiger partial charge in [-0.1, -0.05) is 34.1 Å². The van der Waals surface area contributed by atoms with Crippen molar-refractivity contribution in [3.05, 3.63) is 68.2 Å². The van der Waals surface area contributed by atoms with Gasteiger partial charge in [0.05, 0.1) is 18.0 Å². The number of nitrogens with zero attached hydrogens (tertiary/aromatic N) is 2. The molecule has 0 spiro atoms. The highest BCUT2D eigenvalue weighted by Gasteiger charge is 2.08. The van der Waals surface area contributed by atoms with E-state index in [-0.39, 0.29) is 0 Å². The van der Waals surface area contributed by atoms with E-state index >= 15 is 0 Å². The van der Waals surface area contributed by atoms with Gasteiger partial charge in [0.2, 0.25) is 0 Å². The summed E-state index contributed by atoms with van der Waals surface area (Å²) in [5.74, 6) is 0. The van der Waals surface area contributed by atoms with E-state index < -0.39 is 0 Å². The maximum atomic E-state index is 5.30. The number of benzene rings is 2. The zero-order chi connectivity index (χ0) is 17.8. The summed E-state index contributed by atoms with van der Waals surface area (Å²) in [6.45, 7) is 5.63. The van der Waals surface area contributed by atoms with E-state index in [1.54, 1.807) is 18.4 Å². The van der Waals surface area contributed by atoms with E-state index in [1.165, 1.54) is 16.7 Å². The van der Waals surface area contributed by atoms with Crippen molar-refractivity contribution in [2.45, 2.75) is 20.4 Å². The first-order valence-corrected chi connectivity index (χ1v) is 9.80. The quantitative estimate of drug-likeness (QED) is 0.540. The molecule has 0 radical (unpaired) electrons. The standard InChI is InChI=1S/C20H21BrN2OS/c1-14-10-15(2)12-18(11-14)22-20-23(8-9-24-3)19(13-25-20)16-4-6-17(21)7-5-16/h4-7,10-13H,8-9H2,1-3H3. The van der Waals surface area contributed by atoms with Crippen LogP contribution < -0.4 is 4.80 Å². The molecular weight excluding hydrogens is 396 g/mol. The predicted octanol–water partition coefficient (Wildman–Crippen LogP) is 5.47. The SMILES string of the molecule is COCCn1c(-c2ccc(Br)cc2)csc1=Nc1cc(C)cc(C)c1. The molecule has 25 heavy (non-hydrogen) atoms. The van der Waals surface area contributed by atoms with Gasteiger partial charge in [0.25, 0.3) is 0 Å². The largest absolute Gasteiger partial charge is 0.383 e. The number of rotatable bonds is 5. The summed E-state index contributed by atoms with van der Waals surface area (Å²) in [7, 11) is 1.73. The van der Waals surface area contributed by atoms with Gasteiger partial charge in [-0.15, -0.1) is 11.3 Å². The van der Waals surface area contributed by atoms with Crippen molar-refractivity contribution in [2.24, 2.45) is 4.99 Å². The number of halogens is 1. The number of thiazole rings is 1. The molecule has 1 aromatic heterocycles. The lowest BCUT2D eigenvalue weighted by Crippen LogP contribution is -2.18. The fraction of sp³-hybridized carbons (Fsp3) is 0.250. The van der Waals surface area contributed by atoms with E-state index in [4.69, 9.17) is 9.73 Å². The van der Waals surface area contributed by atoms with Crippen molar-refractivity contribution < 1.29 is 4.74 Å². The lowest BCUT2D eigenvalue weighted by atomic mass is 10.1. The molecule has 2 aromatic carbocycles. The van der Waals surface area contributed by atoms with Crippen LogP contribution in [-0.4, -0.2) is 18.3 Å². The summed E-state index contributed by atoms with van der Waals surface area (Å²) in [4.78, 5) is 5.88. The molecule has 0 aliphatic rings. The molecule has 3 rings (SSSR count). The molecule has 0 saturated carbocycles. The van der Waals surface area contributed by atoms with Crippen LogP contribution in [0.1, 0.15) is 11.1 Å². The average molecular weight is 417 g/mol. The normalized spacial score (nSPS) is 11.9. The molecule has 0 N–H and O–H groups in total. The Bertz CT molecular complexity index is 905. The molecule has 0 fully saturated rings. The molecule has 1 heterocycles. The first-order chi connectivity index (χ1) is 12.1. The zero-order valence-electron chi connectivity index (χ0n) is 14.6. The second-order valence-corrected chi connectivity index (χ2v) is 7.76. The van der Waals surface area contributed by atoms with Crippen molar-refractivity contribution in [2.75, 3.05) is 13.7 Å². The van der Waals surface area contributed by atoms with Crippen molar-refractivity contribution in [3.8, 4) is 11.3 Å². The zero-order valence-corrected chi connectivity index (χ0v) is 17.0. The molecule has 3 nitrogen and oxygen atoms in total. The molecule has 0 bridgehead atoms. The highest BCUT2D eigenvalue weighted by atomic mass is 79.9. The van der Waals surface area contributed by atoms with Gasteiger partial charge in [-0.2, -0.15) is 0 Å². The topological polar surface area (TPSA) is 26.5 Å². The van der Waals surface area contributed by atoms with Crippen LogP contribution in [-0.2, 0) is 11.3 Å². The van der Waals surface area contributed by atoms with Crippen molar-refractivity contribution in [1.29, 1.82) is 0 Å². The molecule has 0 aliphatic heterocycles. The summed E-state index contributed by atoms with van der Waals surface area (Å²) in [5.41, 5.74) is 5.79. The van der Waals surface area contributed by atoms with Gasteiger partial charge in [-0.25, -0.2) is 4.99 Å². The Morgan fingerprint density at radius 3 is 2.40 bits per heavy atom. The van der Waals surface area contributed by atoms with E-state index in [0.717, 1.165) is 27.2 Å². The van der Waals surface area contributed by atoms with Gasteiger partial charge in [0.1, 0.15) is 0 Å². The Labute approximate surface area is 160 Å². The van der Waals surface area contributed by atoms with Gasteiger partial charge in [-0.3, -0.25) is 0 Å². The predicted molar refractivity (Wildman–Crippen MR) is 108 cm³/mol. The highest BCUT2D eigenvalue weighted by Crippen LogP contribution is 2.23. The smallest absolute Gasteiger partial charge is 0.190 e. The molecular formula is C20H21BrN2OS. The minimum Gasteiger partial charge on any atom is -0.383 e. The fourth-order valence-corrected chi connectivity index (χ4v) is 4.01. The summed E-state index contributed by atoms with van der Waals surface area (Å²) < 4.78 is 8.61. The Balaban J connectivity index is 2.10. The van der Waals surface area contributed by atoms with Crippen LogP contribution in [0.2, 0.25) is 0 Å². The molecule has 0 unspecified atom stereocenters. The fourth-order valence-electron chi connectivity index (χ4n) is 2.79. The summed E-state index contributed by atoms with van der Waals surface area (Å²) in [6, 6.07) is 14.8. The Kier molecular flexibility index (Phi) is 5.89. The van der Waals surface area contributed by atoms with E-state index in [0.29, 0.717) is 6.61 Å². The van der Waals surface area contributed by atoms with Crippen molar-refractivity contribution in [3.63, 3.8) is 0 Å². The summed E-state index contributed by atoms with van der Waals surface area (Å²) in [6.07, 6.45) is 0. The minimum absolute atomic E-state index is 0.653. The highest BCUT2D eigenvalue weighted by molar-refractivity contribution is 9.10. The third-order valence-electron chi connectivity index (χ3n) is 3.89. The lowest BCUT2D eigenvalue weighted by molar-refractivity contribution is 0.187. The first kappa shape index (κ1) is 18.1. The van der Waals surface area contributed by atoms with Crippen LogP contribution in [0.3, 0.4) is 0 Å². The van der Waals surface area contributed by atoms with Crippen LogP contribution in [0.15, 0.2) is 57.3 Å². The maximum Gasteiger partial charge on any atom is 0.190 e. The summed E-state index contributed by atoms with van der Waals surface area (Å²) >= 11 is 5.16. The Morgan fingerprint density at radius 1 is 1.08 bits per heavy atom. The number of methoxy groups -OCH3 is 1. The third-order valence-corrected chi connectivity index (χ3v) is 5.28. The van der Waals surface area contributed by atoms with Crippen molar-refractivity contribution in [1.82, 2.24) is 4.57 Å². The van der Waals surface area contributed by atoms with Crippen LogP contribution >= 0.6 is 27.3 Å². The summed E-state index contributed by atoms with van der Waals surface area (Å²) in [5, 5.41) is 2.17. The van der Waals surface area contributed by atoms with Gasteiger partial charge in [-0.05, 0) is 54.8 Å². The Morgan fingerprint density at radius 2 is 1.76 bits per heavy atom. The lowest BCUT2D eigenvalue weighted by Gasteiger charge is -2.09. The molecule has 0 amide bonds. The first-order valence-electron chi connectivity index (χ1n) is 8.13. The number of ether oxygens (including phenoxy) is 1. The number of hydrogen-bond donors (Lipinski definition) is 0. The van der Waals surface area contributed by atoms with E-state index in [2.05, 4.69) is 82.2 Å². The minimum atomic E-state index is 0.653. The number of aromatic nitrogens is 1. The van der Waals surface area contributed by atoms with Gasteiger partial charge < -0.3 is 9.30 Å². The third kappa shape index (κ3) is 4.48. The van der Waals surface area contributed by atoms with E-state index in [9.17, 15) is 0 Å². The number of aryl methyl sites for hydroxylation is 2. The monoisotopic (exact) mass is 416 g/mol. The van der Waals surface area contributed by atoms with E-state index in [1.807, 2.05) is 0 Å². The molecule has 5 heteroatoms. The molecule has 0 saturated heterocycles. The van der Waals surface area contributed by atoms with Crippen LogP contribution in [0.25, 0.3) is 11.3 Å². The average Bonchev–Trinajstić information content (AvgIpc) is 2.95. The van der Waals surface area contributed by atoms with Gasteiger partial charge in [0.15, 0.2) is 4.80 Å². The molecule has 3 aromatic rings. The van der Waals surface area contributed by atoms with Gasteiger partial charge >= 0.3 is 0 Å².